The molecule has 0 saturated heterocycles. The average Bonchev–Trinajstić information content (AvgIpc) is 3.16. The Balaban J connectivity index is 1.33. The van der Waals surface area contributed by atoms with Gasteiger partial charge in [0.25, 0.3) is 0 Å². The van der Waals surface area contributed by atoms with Gasteiger partial charge >= 0.3 is 0 Å². The number of fused-ring (bicyclic) bond motifs is 1. The number of anilines is 1. The molecule has 0 atom stereocenters. The molecule has 4 aromatic rings. The van der Waals surface area contributed by atoms with Gasteiger partial charge in [0.15, 0.2) is 11.0 Å². The summed E-state index contributed by atoms with van der Waals surface area (Å²) in [6, 6.07) is 22.0. The standard InChI is InChI=1S/C25H26N4O2S/c1-17(2)18-11-13-20(14-12-18)26-24(30)16-32-25-28-27-23(29(25)3)15-31-22-10-6-8-19-7-4-5-9-21(19)22/h4-14,17H,15-16H2,1-3H3,(H,26,30). The molecule has 0 fully saturated rings. The first-order valence-corrected chi connectivity index (χ1v) is 11.5. The zero-order valence-electron chi connectivity index (χ0n) is 18.4. The van der Waals surface area contributed by atoms with Crippen molar-refractivity contribution in [2.75, 3.05) is 11.1 Å². The lowest BCUT2D eigenvalue weighted by Crippen LogP contribution is -2.14. The Morgan fingerprint density at radius 1 is 1.03 bits per heavy atom. The second-order valence-corrected chi connectivity index (χ2v) is 8.78. The minimum absolute atomic E-state index is 0.0798. The molecule has 1 aromatic heterocycles. The van der Waals surface area contributed by atoms with E-state index in [1.54, 1.807) is 0 Å². The smallest absolute Gasteiger partial charge is 0.234 e. The van der Waals surface area contributed by atoms with Crippen LogP contribution < -0.4 is 10.1 Å². The van der Waals surface area contributed by atoms with Gasteiger partial charge in [0.1, 0.15) is 12.4 Å². The highest BCUT2D eigenvalue weighted by Gasteiger charge is 2.13. The Kier molecular flexibility index (Phi) is 6.75. The van der Waals surface area contributed by atoms with Gasteiger partial charge in [-0.1, -0.05) is 74.1 Å². The van der Waals surface area contributed by atoms with Crippen molar-refractivity contribution < 1.29 is 9.53 Å². The molecule has 32 heavy (non-hydrogen) atoms. The lowest BCUT2D eigenvalue weighted by Gasteiger charge is -2.09. The number of thioether (sulfide) groups is 1. The second-order valence-electron chi connectivity index (χ2n) is 7.84. The Bertz CT molecular complexity index is 1210. The number of rotatable bonds is 8. The molecular formula is C25H26N4O2S. The lowest BCUT2D eigenvalue weighted by atomic mass is 10.0. The van der Waals surface area contributed by atoms with Crippen LogP contribution in [0.5, 0.6) is 5.75 Å². The van der Waals surface area contributed by atoms with E-state index in [0.717, 1.165) is 22.2 Å². The quantitative estimate of drug-likeness (QED) is 0.367. The van der Waals surface area contributed by atoms with Gasteiger partial charge in [0, 0.05) is 18.1 Å². The maximum Gasteiger partial charge on any atom is 0.234 e. The van der Waals surface area contributed by atoms with Gasteiger partial charge < -0.3 is 14.6 Å². The number of benzene rings is 3. The molecule has 7 heteroatoms. The molecule has 1 amide bonds. The van der Waals surface area contributed by atoms with Crippen molar-refractivity contribution >= 4 is 34.1 Å². The first-order chi connectivity index (χ1) is 15.5. The van der Waals surface area contributed by atoms with Crippen LogP contribution in [0.4, 0.5) is 5.69 Å². The molecule has 3 aromatic carbocycles. The molecule has 0 aliphatic rings. The van der Waals surface area contributed by atoms with Gasteiger partial charge in [0.05, 0.1) is 5.75 Å². The number of nitrogens with zero attached hydrogens (tertiary/aromatic N) is 3. The molecule has 0 saturated carbocycles. The maximum absolute atomic E-state index is 12.3. The van der Waals surface area contributed by atoms with Crippen molar-refractivity contribution in [1.29, 1.82) is 0 Å². The largest absolute Gasteiger partial charge is 0.485 e. The monoisotopic (exact) mass is 446 g/mol. The van der Waals surface area contributed by atoms with Crippen LogP contribution in [0.3, 0.4) is 0 Å². The molecule has 0 unspecified atom stereocenters. The number of carbonyl (C=O) groups excluding carboxylic acids is 1. The molecule has 0 aliphatic carbocycles. The minimum atomic E-state index is -0.0798. The molecule has 1 N–H and O–H groups in total. The van der Waals surface area contributed by atoms with Gasteiger partial charge in [0.2, 0.25) is 5.91 Å². The third-order valence-electron chi connectivity index (χ3n) is 5.22. The lowest BCUT2D eigenvalue weighted by molar-refractivity contribution is -0.113. The zero-order valence-corrected chi connectivity index (χ0v) is 19.2. The van der Waals surface area contributed by atoms with E-state index in [2.05, 4.69) is 41.5 Å². The Morgan fingerprint density at radius 2 is 1.78 bits per heavy atom. The predicted octanol–water partition coefficient (Wildman–Crippen LogP) is 5.40. The molecule has 6 nitrogen and oxygen atoms in total. The van der Waals surface area contributed by atoms with Crippen LogP contribution in [0.15, 0.2) is 71.9 Å². The van der Waals surface area contributed by atoms with Crippen molar-refractivity contribution in [2.24, 2.45) is 7.05 Å². The first kappa shape index (κ1) is 21.9. The topological polar surface area (TPSA) is 69.0 Å². The van der Waals surface area contributed by atoms with Crippen molar-refractivity contribution in [1.82, 2.24) is 14.8 Å². The van der Waals surface area contributed by atoms with Gasteiger partial charge in [-0.05, 0) is 35.1 Å². The zero-order chi connectivity index (χ0) is 22.5. The summed E-state index contributed by atoms with van der Waals surface area (Å²) in [6.07, 6.45) is 0. The Morgan fingerprint density at radius 3 is 2.56 bits per heavy atom. The van der Waals surface area contributed by atoms with Gasteiger partial charge in [-0.3, -0.25) is 4.79 Å². The molecule has 164 valence electrons. The number of ether oxygens (including phenoxy) is 1. The Labute approximate surface area is 192 Å². The van der Waals surface area contributed by atoms with E-state index in [-0.39, 0.29) is 11.7 Å². The summed E-state index contributed by atoms with van der Waals surface area (Å²) >= 11 is 1.35. The van der Waals surface area contributed by atoms with Crippen LogP contribution in [0.1, 0.15) is 31.2 Å². The van der Waals surface area contributed by atoms with E-state index in [1.165, 1.54) is 17.3 Å². The van der Waals surface area contributed by atoms with E-state index in [4.69, 9.17) is 4.74 Å². The maximum atomic E-state index is 12.3. The van der Waals surface area contributed by atoms with Crippen LogP contribution in [0, 0.1) is 0 Å². The molecule has 4 rings (SSSR count). The number of aromatic nitrogens is 3. The molecule has 0 bridgehead atoms. The van der Waals surface area contributed by atoms with Crippen LogP contribution >= 0.6 is 11.8 Å². The second kappa shape index (κ2) is 9.87. The molecule has 0 aliphatic heterocycles. The van der Waals surface area contributed by atoms with E-state index < -0.39 is 0 Å². The highest BCUT2D eigenvalue weighted by molar-refractivity contribution is 7.99. The van der Waals surface area contributed by atoms with Crippen molar-refractivity contribution in [2.45, 2.75) is 31.5 Å². The number of amides is 1. The molecule has 1 heterocycles. The summed E-state index contributed by atoms with van der Waals surface area (Å²) in [6.45, 7) is 4.59. The highest BCUT2D eigenvalue weighted by atomic mass is 32.2. The molecule has 0 radical (unpaired) electrons. The summed E-state index contributed by atoms with van der Waals surface area (Å²) < 4.78 is 7.88. The van der Waals surface area contributed by atoms with Crippen LogP contribution in [-0.2, 0) is 18.4 Å². The average molecular weight is 447 g/mol. The van der Waals surface area contributed by atoms with Crippen LogP contribution in [0.25, 0.3) is 10.8 Å². The van der Waals surface area contributed by atoms with Gasteiger partial charge in [-0.15, -0.1) is 10.2 Å². The van der Waals surface area contributed by atoms with Crippen molar-refractivity contribution in [3.05, 3.63) is 78.1 Å². The van der Waals surface area contributed by atoms with Crippen molar-refractivity contribution in [3.63, 3.8) is 0 Å². The van der Waals surface area contributed by atoms with Gasteiger partial charge in [-0.25, -0.2) is 0 Å². The van der Waals surface area contributed by atoms with E-state index in [1.807, 2.05) is 66.2 Å². The van der Waals surface area contributed by atoms with E-state index in [9.17, 15) is 4.79 Å². The SMILES string of the molecule is CC(C)c1ccc(NC(=O)CSc2nnc(COc3cccc4ccccc34)n2C)cc1. The summed E-state index contributed by atoms with van der Waals surface area (Å²) in [5, 5.41) is 14.2. The predicted molar refractivity (Wildman–Crippen MR) is 129 cm³/mol. The number of hydrogen-bond donors (Lipinski definition) is 1. The molecule has 0 spiro atoms. The summed E-state index contributed by atoms with van der Waals surface area (Å²) in [4.78, 5) is 12.3. The summed E-state index contributed by atoms with van der Waals surface area (Å²) in [5.74, 6) is 2.14. The first-order valence-electron chi connectivity index (χ1n) is 10.5. The van der Waals surface area contributed by atoms with Crippen LogP contribution in [-0.4, -0.2) is 26.4 Å². The van der Waals surface area contributed by atoms with E-state index in [0.29, 0.717) is 23.5 Å². The summed E-state index contributed by atoms with van der Waals surface area (Å²) in [5.41, 5.74) is 2.04. The normalized spacial score (nSPS) is 11.1. The fraction of sp³-hybridized carbons (Fsp3) is 0.240. The molecular weight excluding hydrogens is 420 g/mol. The summed E-state index contributed by atoms with van der Waals surface area (Å²) in [7, 11) is 1.88. The Hall–Kier alpha value is -3.32. The highest BCUT2D eigenvalue weighted by Crippen LogP contribution is 2.26. The third kappa shape index (κ3) is 5.11. The number of nitrogens with one attached hydrogen (secondary N) is 1. The minimum Gasteiger partial charge on any atom is -0.485 e. The van der Waals surface area contributed by atoms with Crippen LogP contribution in [0.2, 0.25) is 0 Å². The fourth-order valence-electron chi connectivity index (χ4n) is 3.34. The fourth-order valence-corrected chi connectivity index (χ4v) is 4.07. The number of hydrogen-bond acceptors (Lipinski definition) is 5. The van der Waals surface area contributed by atoms with E-state index >= 15 is 0 Å². The third-order valence-corrected chi connectivity index (χ3v) is 6.25. The number of carbonyl (C=O) groups is 1. The van der Waals surface area contributed by atoms with Crippen molar-refractivity contribution in [3.8, 4) is 5.75 Å². The van der Waals surface area contributed by atoms with Gasteiger partial charge in [-0.2, -0.15) is 0 Å².